The Morgan fingerprint density at radius 2 is 1.55 bits per heavy atom. The molecule has 0 aliphatic carbocycles. The summed E-state index contributed by atoms with van der Waals surface area (Å²) in [5, 5.41) is 0. The summed E-state index contributed by atoms with van der Waals surface area (Å²) in [6.07, 6.45) is 1.17. The van der Waals surface area contributed by atoms with E-state index in [0.29, 0.717) is 5.92 Å². The van der Waals surface area contributed by atoms with Crippen molar-refractivity contribution < 1.29 is 0 Å². The molecule has 0 aliphatic heterocycles. The molecule has 0 aliphatic rings. The van der Waals surface area contributed by atoms with E-state index in [1.807, 2.05) is 0 Å². The van der Waals surface area contributed by atoms with E-state index in [4.69, 9.17) is 5.73 Å². The first-order valence-corrected chi connectivity index (χ1v) is 7.46. The van der Waals surface area contributed by atoms with Gasteiger partial charge in [-0.1, -0.05) is 56.3 Å². The van der Waals surface area contributed by atoms with Gasteiger partial charge in [0, 0.05) is 0 Å². The van der Waals surface area contributed by atoms with Crippen molar-refractivity contribution in [1.29, 1.82) is 0 Å². The van der Waals surface area contributed by atoms with Gasteiger partial charge in [0.2, 0.25) is 0 Å². The van der Waals surface area contributed by atoms with Crippen LogP contribution in [0.25, 0.3) is 0 Å². The lowest BCUT2D eigenvalue weighted by Crippen LogP contribution is -2.13. The number of nitrogens with two attached hydrogens (primary N) is 1. The van der Waals surface area contributed by atoms with Crippen LogP contribution in [0.2, 0.25) is 0 Å². The molecule has 2 atom stereocenters. The van der Waals surface area contributed by atoms with Crippen LogP contribution >= 0.6 is 0 Å². The van der Waals surface area contributed by atoms with E-state index in [1.54, 1.807) is 0 Å². The van der Waals surface area contributed by atoms with Gasteiger partial charge >= 0.3 is 0 Å². The molecule has 0 spiro atoms. The van der Waals surface area contributed by atoms with E-state index >= 15 is 0 Å². The van der Waals surface area contributed by atoms with E-state index < -0.39 is 0 Å². The van der Waals surface area contributed by atoms with E-state index in [-0.39, 0.29) is 6.04 Å². The van der Waals surface area contributed by atoms with Crippen molar-refractivity contribution in [3.05, 3.63) is 70.3 Å². The molecule has 2 aromatic rings. The fraction of sp³-hybridized carbons (Fsp3) is 0.368. The van der Waals surface area contributed by atoms with Crippen molar-refractivity contribution in [3.63, 3.8) is 0 Å². The van der Waals surface area contributed by atoms with E-state index in [9.17, 15) is 0 Å². The monoisotopic (exact) mass is 267 g/mol. The fourth-order valence-electron chi connectivity index (χ4n) is 2.56. The van der Waals surface area contributed by atoms with Gasteiger partial charge in [0.1, 0.15) is 0 Å². The molecule has 0 amide bonds. The van der Waals surface area contributed by atoms with Crippen LogP contribution in [0.5, 0.6) is 0 Å². The highest BCUT2D eigenvalue weighted by atomic mass is 14.6. The second-order valence-electron chi connectivity index (χ2n) is 5.74. The van der Waals surface area contributed by atoms with Crippen molar-refractivity contribution in [2.45, 2.75) is 46.1 Å². The van der Waals surface area contributed by atoms with Gasteiger partial charge < -0.3 is 5.73 Å². The second-order valence-corrected chi connectivity index (χ2v) is 5.74. The highest BCUT2D eigenvalue weighted by molar-refractivity contribution is 5.41. The Morgan fingerprint density at radius 1 is 0.950 bits per heavy atom. The Bertz CT molecular complexity index is 569. The predicted octanol–water partition coefficient (Wildman–Crippen LogP) is 4.87. The second kappa shape index (κ2) is 6.23. The lowest BCUT2D eigenvalue weighted by Gasteiger charge is -2.18. The zero-order valence-electron chi connectivity index (χ0n) is 13.0. The van der Waals surface area contributed by atoms with Crippen molar-refractivity contribution in [1.82, 2.24) is 0 Å². The third-order valence-corrected chi connectivity index (χ3v) is 4.46. The molecule has 0 radical (unpaired) electrons. The third-order valence-electron chi connectivity index (χ3n) is 4.46. The number of aryl methyl sites for hydroxylation is 1. The summed E-state index contributed by atoms with van der Waals surface area (Å²) in [6.45, 7) is 8.77. The minimum Gasteiger partial charge on any atom is -0.320 e. The van der Waals surface area contributed by atoms with Crippen molar-refractivity contribution in [3.8, 4) is 0 Å². The van der Waals surface area contributed by atoms with Crippen LogP contribution < -0.4 is 5.73 Å². The van der Waals surface area contributed by atoms with E-state index in [2.05, 4.69) is 70.2 Å². The number of rotatable bonds is 4. The summed E-state index contributed by atoms with van der Waals surface area (Å²) < 4.78 is 0. The molecule has 20 heavy (non-hydrogen) atoms. The summed E-state index contributed by atoms with van der Waals surface area (Å²) in [4.78, 5) is 0. The van der Waals surface area contributed by atoms with Crippen LogP contribution in [-0.4, -0.2) is 0 Å². The molecule has 0 bridgehead atoms. The Kier molecular flexibility index (Phi) is 4.61. The van der Waals surface area contributed by atoms with Crippen LogP contribution in [0.15, 0.2) is 42.5 Å². The van der Waals surface area contributed by atoms with E-state index in [0.717, 1.165) is 0 Å². The Hall–Kier alpha value is -1.60. The Balaban J connectivity index is 2.29. The standard InChI is InChI=1S/C19H25N/c1-5-13(2)16-9-11-17(12-10-16)19(20)18-8-6-7-14(3)15(18)4/h6-13,19H,5,20H2,1-4H3. The molecule has 0 fully saturated rings. The minimum absolute atomic E-state index is 0.0408. The molecule has 2 aromatic carbocycles. The molecule has 1 nitrogen and oxygen atoms in total. The molecule has 1 heteroatoms. The quantitative estimate of drug-likeness (QED) is 0.840. The topological polar surface area (TPSA) is 26.0 Å². The highest BCUT2D eigenvalue weighted by Crippen LogP contribution is 2.26. The lowest BCUT2D eigenvalue weighted by molar-refractivity contribution is 0.732. The molecule has 2 unspecified atom stereocenters. The maximum Gasteiger partial charge on any atom is 0.0554 e. The van der Waals surface area contributed by atoms with Crippen LogP contribution in [0, 0.1) is 13.8 Å². The van der Waals surface area contributed by atoms with E-state index in [1.165, 1.54) is 34.2 Å². The molecular formula is C19H25N. The van der Waals surface area contributed by atoms with Crippen LogP contribution in [-0.2, 0) is 0 Å². The molecule has 106 valence electrons. The SMILES string of the molecule is CCC(C)c1ccc(C(N)c2cccc(C)c2C)cc1. The largest absolute Gasteiger partial charge is 0.320 e. The molecule has 0 saturated heterocycles. The smallest absolute Gasteiger partial charge is 0.0554 e. The average molecular weight is 267 g/mol. The average Bonchev–Trinajstić information content (AvgIpc) is 2.48. The van der Waals surface area contributed by atoms with Crippen molar-refractivity contribution >= 4 is 0 Å². The summed E-state index contributed by atoms with van der Waals surface area (Å²) in [6, 6.07) is 15.1. The predicted molar refractivity (Wildman–Crippen MR) is 87.1 cm³/mol. The van der Waals surface area contributed by atoms with Gasteiger partial charge in [0.25, 0.3) is 0 Å². The van der Waals surface area contributed by atoms with Crippen LogP contribution in [0.1, 0.15) is 60.0 Å². The molecule has 0 saturated carbocycles. The fourth-order valence-corrected chi connectivity index (χ4v) is 2.56. The molecule has 2 N–H and O–H groups in total. The summed E-state index contributed by atoms with van der Waals surface area (Å²) in [5.41, 5.74) is 12.8. The van der Waals surface area contributed by atoms with Crippen molar-refractivity contribution in [2.75, 3.05) is 0 Å². The van der Waals surface area contributed by atoms with Crippen LogP contribution in [0.3, 0.4) is 0 Å². The van der Waals surface area contributed by atoms with Gasteiger partial charge in [-0.15, -0.1) is 0 Å². The summed E-state index contributed by atoms with van der Waals surface area (Å²) in [7, 11) is 0. The van der Waals surface area contributed by atoms with Crippen molar-refractivity contribution in [2.24, 2.45) is 5.73 Å². The van der Waals surface area contributed by atoms with Crippen LogP contribution in [0.4, 0.5) is 0 Å². The number of hydrogen-bond donors (Lipinski definition) is 1. The molecule has 0 heterocycles. The minimum atomic E-state index is -0.0408. The summed E-state index contributed by atoms with van der Waals surface area (Å²) >= 11 is 0. The van der Waals surface area contributed by atoms with Gasteiger partial charge in [-0.25, -0.2) is 0 Å². The summed E-state index contributed by atoms with van der Waals surface area (Å²) in [5.74, 6) is 0.612. The van der Waals surface area contributed by atoms with Gasteiger partial charge in [0.05, 0.1) is 6.04 Å². The first-order chi connectivity index (χ1) is 9.54. The molecule has 2 rings (SSSR count). The van der Waals surface area contributed by atoms with Gasteiger partial charge in [-0.2, -0.15) is 0 Å². The molecule has 0 aromatic heterocycles. The first-order valence-electron chi connectivity index (χ1n) is 7.46. The zero-order chi connectivity index (χ0) is 14.7. The third kappa shape index (κ3) is 2.94. The van der Waals surface area contributed by atoms with Gasteiger partial charge in [-0.3, -0.25) is 0 Å². The Morgan fingerprint density at radius 3 is 2.15 bits per heavy atom. The zero-order valence-corrected chi connectivity index (χ0v) is 13.0. The normalized spacial score (nSPS) is 14.1. The number of hydrogen-bond acceptors (Lipinski definition) is 1. The first kappa shape index (κ1) is 14.8. The van der Waals surface area contributed by atoms with Gasteiger partial charge in [0.15, 0.2) is 0 Å². The lowest BCUT2D eigenvalue weighted by atomic mass is 9.91. The van der Waals surface area contributed by atoms with Gasteiger partial charge in [-0.05, 0) is 54.0 Å². The maximum absolute atomic E-state index is 6.44. The Labute approximate surface area is 122 Å². The highest BCUT2D eigenvalue weighted by Gasteiger charge is 2.12. The maximum atomic E-state index is 6.44. The number of benzene rings is 2. The molecular weight excluding hydrogens is 242 g/mol.